The van der Waals surface area contributed by atoms with Gasteiger partial charge < -0.3 is 10.2 Å². The number of rotatable bonds is 5. The van der Waals surface area contributed by atoms with Gasteiger partial charge in [-0.2, -0.15) is 0 Å². The number of fused-ring (bicyclic) bond motifs is 1. The van der Waals surface area contributed by atoms with E-state index in [4.69, 9.17) is 11.6 Å². The van der Waals surface area contributed by atoms with Gasteiger partial charge in [0.15, 0.2) is 0 Å². The maximum Gasteiger partial charge on any atom is 0.252 e. The Morgan fingerprint density at radius 1 is 1.12 bits per heavy atom. The van der Waals surface area contributed by atoms with Crippen molar-refractivity contribution in [2.24, 2.45) is 0 Å². The highest BCUT2D eigenvalue weighted by molar-refractivity contribution is 9.10. The van der Waals surface area contributed by atoms with E-state index in [1.165, 1.54) is 11.1 Å². The third-order valence-electron chi connectivity index (χ3n) is 4.22. The van der Waals surface area contributed by atoms with Gasteiger partial charge in [-0.05, 0) is 35.7 Å². The van der Waals surface area contributed by atoms with Gasteiger partial charge in [0, 0.05) is 30.5 Å². The number of benzene rings is 2. The zero-order valence-electron chi connectivity index (χ0n) is 13.6. The summed E-state index contributed by atoms with van der Waals surface area (Å²) in [7, 11) is 0. The van der Waals surface area contributed by atoms with Crippen LogP contribution in [0.5, 0.6) is 0 Å². The lowest BCUT2D eigenvalue weighted by Crippen LogP contribution is -2.28. The third kappa shape index (κ3) is 4.41. The first kappa shape index (κ1) is 18.0. The number of carbonyl (C=O) groups excluding carboxylic acids is 2. The molecule has 1 aliphatic heterocycles. The van der Waals surface area contributed by atoms with Crippen LogP contribution in [0.4, 0.5) is 0 Å². The molecule has 0 spiro atoms. The number of hydrogen-bond acceptors (Lipinski definition) is 2. The predicted molar refractivity (Wildman–Crippen MR) is 101 cm³/mol. The lowest BCUT2D eigenvalue weighted by molar-refractivity contribution is -0.131. The van der Waals surface area contributed by atoms with Gasteiger partial charge in [-0.1, -0.05) is 51.8 Å². The average molecular weight is 422 g/mol. The Balaban J connectivity index is 1.44. The van der Waals surface area contributed by atoms with Crippen molar-refractivity contribution in [2.45, 2.75) is 25.9 Å². The van der Waals surface area contributed by atoms with E-state index in [9.17, 15) is 9.59 Å². The molecule has 6 heteroatoms. The summed E-state index contributed by atoms with van der Waals surface area (Å²) >= 11 is 9.37. The zero-order chi connectivity index (χ0) is 17.8. The number of hydrogen-bond donors (Lipinski definition) is 1. The fraction of sp³-hybridized carbons (Fsp3) is 0.263. The quantitative estimate of drug-likeness (QED) is 0.737. The predicted octanol–water partition coefficient (Wildman–Crippen LogP) is 4.15. The Labute approximate surface area is 160 Å². The number of halogens is 2. The fourth-order valence-corrected chi connectivity index (χ4v) is 3.44. The van der Waals surface area contributed by atoms with Gasteiger partial charge in [-0.3, -0.25) is 9.59 Å². The molecular formula is C19H18BrClN2O2. The minimum atomic E-state index is -0.229. The molecule has 0 fully saturated rings. The standard InChI is InChI=1S/C19H18BrClN2O2/c20-15-7-8-17(21)16(10-15)19(25)22-9-3-6-18(24)23-11-13-4-1-2-5-14(13)12-23/h1-2,4-5,7-8,10H,3,6,9,11-12H2,(H,22,25). The molecule has 2 aromatic rings. The fourth-order valence-electron chi connectivity index (χ4n) is 2.88. The summed E-state index contributed by atoms with van der Waals surface area (Å²) in [6.45, 7) is 1.79. The van der Waals surface area contributed by atoms with Crippen molar-refractivity contribution in [1.29, 1.82) is 0 Å². The highest BCUT2D eigenvalue weighted by atomic mass is 79.9. The van der Waals surface area contributed by atoms with Gasteiger partial charge in [-0.25, -0.2) is 0 Å². The molecule has 0 atom stereocenters. The maximum absolute atomic E-state index is 12.3. The smallest absolute Gasteiger partial charge is 0.252 e. The Morgan fingerprint density at radius 3 is 2.48 bits per heavy atom. The van der Waals surface area contributed by atoms with Crippen LogP contribution in [-0.2, 0) is 17.9 Å². The summed E-state index contributed by atoms with van der Waals surface area (Å²) in [5.74, 6) is -0.113. The maximum atomic E-state index is 12.3. The molecule has 25 heavy (non-hydrogen) atoms. The molecule has 0 saturated carbocycles. The summed E-state index contributed by atoms with van der Waals surface area (Å²) in [5.41, 5.74) is 2.86. The van der Waals surface area contributed by atoms with Crippen molar-refractivity contribution in [3.63, 3.8) is 0 Å². The van der Waals surface area contributed by atoms with Crippen molar-refractivity contribution in [1.82, 2.24) is 10.2 Å². The van der Waals surface area contributed by atoms with Crippen LogP contribution < -0.4 is 5.32 Å². The Hall–Kier alpha value is -1.85. The van der Waals surface area contributed by atoms with E-state index >= 15 is 0 Å². The largest absolute Gasteiger partial charge is 0.352 e. The topological polar surface area (TPSA) is 49.4 Å². The molecule has 0 radical (unpaired) electrons. The van der Waals surface area contributed by atoms with E-state index in [0.29, 0.717) is 43.1 Å². The molecule has 3 rings (SSSR count). The zero-order valence-corrected chi connectivity index (χ0v) is 15.9. The summed E-state index contributed by atoms with van der Waals surface area (Å²) in [6.07, 6.45) is 1.02. The van der Waals surface area contributed by atoms with Crippen LogP contribution in [0, 0.1) is 0 Å². The molecule has 1 aliphatic rings. The van der Waals surface area contributed by atoms with E-state index in [1.54, 1.807) is 18.2 Å². The van der Waals surface area contributed by atoms with E-state index in [-0.39, 0.29) is 11.8 Å². The molecule has 0 saturated heterocycles. The van der Waals surface area contributed by atoms with Crippen LogP contribution in [0.1, 0.15) is 34.3 Å². The molecule has 0 aromatic heterocycles. The minimum Gasteiger partial charge on any atom is -0.352 e. The van der Waals surface area contributed by atoms with Crippen molar-refractivity contribution in [3.05, 3.63) is 68.7 Å². The molecule has 0 unspecified atom stereocenters. The Morgan fingerprint density at radius 2 is 1.80 bits per heavy atom. The second-order valence-corrected chi connectivity index (χ2v) is 7.33. The van der Waals surface area contributed by atoms with Crippen LogP contribution >= 0.6 is 27.5 Å². The molecule has 1 heterocycles. The summed E-state index contributed by atoms with van der Waals surface area (Å²) in [6, 6.07) is 13.3. The van der Waals surface area contributed by atoms with Gasteiger partial charge >= 0.3 is 0 Å². The molecule has 130 valence electrons. The van der Waals surface area contributed by atoms with E-state index < -0.39 is 0 Å². The van der Waals surface area contributed by atoms with Crippen molar-refractivity contribution >= 4 is 39.3 Å². The molecule has 2 amide bonds. The first-order valence-corrected chi connectivity index (χ1v) is 9.29. The van der Waals surface area contributed by atoms with E-state index in [0.717, 1.165) is 4.47 Å². The van der Waals surface area contributed by atoms with E-state index in [1.807, 2.05) is 17.0 Å². The van der Waals surface area contributed by atoms with Crippen molar-refractivity contribution in [2.75, 3.05) is 6.54 Å². The number of amides is 2. The van der Waals surface area contributed by atoms with Gasteiger partial charge in [0.25, 0.3) is 5.91 Å². The summed E-state index contributed by atoms with van der Waals surface area (Å²) < 4.78 is 0.797. The molecule has 0 aliphatic carbocycles. The van der Waals surface area contributed by atoms with Crippen molar-refractivity contribution in [3.8, 4) is 0 Å². The summed E-state index contributed by atoms with van der Waals surface area (Å²) in [5, 5.41) is 3.22. The van der Waals surface area contributed by atoms with Gasteiger partial charge in [0.05, 0.1) is 10.6 Å². The lowest BCUT2D eigenvalue weighted by atomic mass is 10.1. The number of nitrogens with zero attached hydrogens (tertiary/aromatic N) is 1. The number of nitrogens with one attached hydrogen (secondary N) is 1. The first-order chi connectivity index (χ1) is 12.0. The van der Waals surface area contributed by atoms with Crippen LogP contribution in [-0.4, -0.2) is 23.3 Å². The van der Waals surface area contributed by atoms with Gasteiger partial charge in [0.1, 0.15) is 0 Å². The van der Waals surface area contributed by atoms with Crippen LogP contribution in [0.25, 0.3) is 0 Å². The summed E-state index contributed by atoms with van der Waals surface area (Å²) in [4.78, 5) is 26.3. The minimum absolute atomic E-state index is 0.117. The van der Waals surface area contributed by atoms with Gasteiger partial charge in [-0.15, -0.1) is 0 Å². The molecule has 2 aromatic carbocycles. The Bertz CT molecular complexity index is 785. The SMILES string of the molecule is O=C(NCCCC(=O)N1Cc2ccccc2C1)c1cc(Br)ccc1Cl. The molecule has 1 N–H and O–H groups in total. The average Bonchev–Trinajstić information content (AvgIpc) is 3.04. The second-order valence-electron chi connectivity index (χ2n) is 6.00. The van der Waals surface area contributed by atoms with Crippen LogP contribution in [0.3, 0.4) is 0 Å². The first-order valence-electron chi connectivity index (χ1n) is 8.12. The molecular weight excluding hydrogens is 404 g/mol. The second kappa shape index (κ2) is 8.02. The normalized spacial score (nSPS) is 12.8. The van der Waals surface area contributed by atoms with Gasteiger partial charge in [0.2, 0.25) is 5.91 Å². The third-order valence-corrected chi connectivity index (χ3v) is 5.04. The van der Waals surface area contributed by atoms with Crippen LogP contribution in [0.2, 0.25) is 5.02 Å². The van der Waals surface area contributed by atoms with Crippen LogP contribution in [0.15, 0.2) is 46.9 Å². The molecule has 4 nitrogen and oxygen atoms in total. The molecule has 0 bridgehead atoms. The van der Waals surface area contributed by atoms with Crippen molar-refractivity contribution < 1.29 is 9.59 Å². The monoisotopic (exact) mass is 420 g/mol. The highest BCUT2D eigenvalue weighted by Gasteiger charge is 2.22. The highest BCUT2D eigenvalue weighted by Crippen LogP contribution is 2.23. The van der Waals surface area contributed by atoms with E-state index in [2.05, 4.69) is 33.4 Å². The Kier molecular flexibility index (Phi) is 5.76. The lowest BCUT2D eigenvalue weighted by Gasteiger charge is -2.15. The number of carbonyl (C=O) groups is 2.